The van der Waals surface area contributed by atoms with Crippen LogP contribution in [0.15, 0.2) is 54.6 Å². The van der Waals surface area contributed by atoms with Crippen LogP contribution in [0, 0.1) is 0 Å². The standard InChI is InChI=1S/C20H18BNO/c1-2-14-3-7-17(8-4-14)22-12-19-18-9-6-16(21)11-15(18)5-10-20(19)23-13-22/h3-11H,2,12-13H2,1H3. The fourth-order valence-corrected chi connectivity index (χ4v) is 3.18. The van der Waals surface area contributed by atoms with E-state index in [2.05, 4.69) is 54.3 Å². The summed E-state index contributed by atoms with van der Waals surface area (Å²) in [5, 5.41) is 2.38. The second-order valence-electron chi connectivity index (χ2n) is 6.01. The van der Waals surface area contributed by atoms with Gasteiger partial charge in [0.05, 0.1) is 6.54 Å². The molecule has 1 heterocycles. The lowest BCUT2D eigenvalue weighted by molar-refractivity contribution is 0.290. The van der Waals surface area contributed by atoms with Crippen LogP contribution in [0.1, 0.15) is 18.1 Å². The average Bonchev–Trinajstić information content (AvgIpc) is 2.61. The molecular formula is C20H18BNO. The Balaban J connectivity index is 1.72. The largest absolute Gasteiger partial charge is 0.473 e. The molecule has 0 atom stereocenters. The topological polar surface area (TPSA) is 12.5 Å². The minimum absolute atomic E-state index is 0.582. The van der Waals surface area contributed by atoms with Crippen LogP contribution >= 0.6 is 0 Å². The molecule has 2 nitrogen and oxygen atoms in total. The summed E-state index contributed by atoms with van der Waals surface area (Å²) < 4.78 is 5.98. The van der Waals surface area contributed by atoms with Gasteiger partial charge < -0.3 is 9.64 Å². The maximum Gasteiger partial charge on any atom is 0.161 e. The van der Waals surface area contributed by atoms with E-state index in [9.17, 15) is 0 Å². The van der Waals surface area contributed by atoms with E-state index >= 15 is 0 Å². The number of rotatable bonds is 2. The number of hydrogen-bond donors (Lipinski definition) is 0. The molecule has 4 rings (SSSR count). The van der Waals surface area contributed by atoms with Gasteiger partial charge in [-0.15, -0.1) is 0 Å². The van der Waals surface area contributed by atoms with Crippen molar-refractivity contribution in [2.45, 2.75) is 19.9 Å². The number of nitrogens with zero attached hydrogens (tertiary/aromatic N) is 1. The lowest BCUT2D eigenvalue weighted by atomic mass is 9.91. The van der Waals surface area contributed by atoms with Crippen molar-refractivity contribution in [3.8, 4) is 5.75 Å². The van der Waals surface area contributed by atoms with Gasteiger partial charge in [0.25, 0.3) is 0 Å². The lowest BCUT2D eigenvalue weighted by Gasteiger charge is -2.31. The van der Waals surface area contributed by atoms with Crippen LogP contribution in [0.2, 0.25) is 0 Å². The monoisotopic (exact) mass is 299 g/mol. The first-order valence-electron chi connectivity index (χ1n) is 8.02. The Morgan fingerprint density at radius 3 is 2.65 bits per heavy atom. The summed E-state index contributed by atoms with van der Waals surface area (Å²) in [5.74, 6) is 0.976. The normalized spacial score (nSPS) is 13.7. The first kappa shape index (κ1) is 14.2. The highest BCUT2D eigenvalue weighted by Crippen LogP contribution is 2.33. The van der Waals surface area contributed by atoms with Crippen molar-refractivity contribution in [3.63, 3.8) is 0 Å². The van der Waals surface area contributed by atoms with E-state index in [0.29, 0.717) is 6.73 Å². The zero-order chi connectivity index (χ0) is 15.8. The minimum Gasteiger partial charge on any atom is -0.473 e. The van der Waals surface area contributed by atoms with E-state index in [1.807, 2.05) is 12.1 Å². The molecule has 0 fully saturated rings. The van der Waals surface area contributed by atoms with Crippen LogP contribution < -0.4 is 15.1 Å². The third-order valence-electron chi connectivity index (χ3n) is 4.55. The third-order valence-corrected chi connectivity index (χ3v) is 4.55. The van der Waals surface area contributed by atoms with Gasteiger partial charge >= 0.3 is 0 Å². The van der Waals surface area contributed by atoms with Gasteiger partial charge in [-0.3, -0.25) is 0 Å². The summed E-state index contributed by atoms with van der Waals surface area (Å²) in [6, 6.07) is 18.9. The van der Waals surface area contributed by atoms with E-state index in [0.717, 1.165) is 29.6 Å². The first-order valence-corrected chi connectivity index (χ1v) is 8.02. The third kappa shape index (κ3) is 2.57. The van der Waals surface area contributed by atoms with E-state index < -0.39 is 0 Å². The van der Waals surface area contributed by atoms with Crippen LogP contribution in [0.25, 0.3) is 10.8 Å². The van der Waals surface area contributed by atoms with Gasteiger partial charge in [-0.25, -0.2) is 0 Å². The van der Waals surface area contributed by atoms with Crippen molar-refractivity contribution in [1.82, 2.24) is 0 Å². The fraction of sp³-hybridized carbons (Fsp3) is 0.200. The van der Waals surface area contributed by atoms with Gasteiger partial charge in [0.2, 0.25) is 0 Å². The molecule has 2 radical (unpaired) electrons. The second-order valence-corrected chi connectivity index (χ2v) is 6.01. The van der Waals surface area contributed by atoms with E-state index in [4.69, 9.17) is 12.6 Å². The molecule has 0 bridgehead atoms. The molecule has 23 heavy (non-hydrogen) atoms. The van der Waals surface area contributed by atoms with Gasteiger partial charge in [-0.2, -0.15) is 0 Å². The molecular weight excluding hydrogens is 281 g/mol. The van der Waals surface area contributed by atoms with Crippen molar-refractivity contribution < 1.29 is 4.74 Å². The summed E-state index contributed by atoms with van der Waals surface area (Å²) in [4.78, 5) is 2.26. The Bertz CT molecular complexity index is 857. The first-order chi connectivity index (χ1) is 11.2. The van der Waals surface area contributed by atoms with Crippen LogP contribution in [0.4, 0.5) is 5.69 Å². The van der Waals surface area contributed by atoms with Gasteiger partial charge in [0.15, 0.2) is 6.73 Å². The maximum absolute atomic E-state index is 5.98. The molecule has 0 spiro atoms. The zero-order valence-electron chi connectivity index (χ0n) is 13.3. The van der Waals surface area contributed by atoms with Crippen LogP contribution in [-0.2, 0) is 13.0 Å². The second kappa shape index (κ2) is 5.66. The fourth-order valence-electron chi connectivity index (χ4n) is 3.18. The minimum atomic E-state index is 0.582. The highest BCUT2D eigenvalue weighted by Gasteiger charge is 2.19. The van der Waals surface area contributed by atoms with E-state index in [1.165, 1.54) is 22.2 Å². The van der Waals surface area contributed by atoms with Crippen LogP contribution in [-0.4, -0.2) is 14.6 Å². The molecule has 0 saturated heterocycles. The van der Waals surface area contributed by atoms with Gasteiger partial charge in [0.1, 0.15) is 13.6 Å². The Kier molecular flexibility index (Phi) is 3.49. The molecule has 0 amide bonds. The number of aryl methyl sites for hydroxylation is 1. The lowest BCUT2D eigenvalue weighted by Crippen LogP contribution is -2.32. The molecule has 0 N–H and O–H groups in total. The number of anilines is 1. The summed E-state index contributed by atoms with van der Waals surface area (Å²) in [6.45, 7) is 3.61. The maximum atomic E-state index is 5.98. The molecule has 3 heteroatoms. The molecule has 0 aromatic heterocycles. The van der Waals surface area contributed by atoms with E-state index in [1.54, 1.807) is 0 Å². The molecule has 0 saturated carbocycles. The van der Waals surface area contributed by atoms with Crippen LogP contribution in [0.3, 0.4) is 0 Å². The van der Waals surface area contributed by atoms with Crippen molar-refractivity contribution >= 4 is 29.8 Å². The number of ether oxygens (including phenoxy) is 1. The Morgan fingerprint density at radius 2 is 1.87 bits per heavy atom. The number of fused-ring (bicyclic) bond motifs is 3. The summed E-state index contributed by atoms with van der Waals surface area (Å²) >= 11 is 0. The van der Waals surface area contributed by atoms with Crippen molar-refractivity contribution in [2.24, 2.45) is 0 Å². The zero-order valence-corrected chi connectivity index (χ0v) is 13.3. The summed E-state index contributed by atoms with van der Waals surface area (Å²) in [7, 11) is 5.90. The molecule has 3 aromatic rings. The van der Waals surface area contributed by atoms with Gasteiger partial charge in [0, 0.05) is 11.3 Å². The molecule has 0 unspecified atom stereocenters. The predicted molar refractivity (Wildman–Crippen MR) is 96.8 cm³/mol. The SMILES string of the molecule is [B]c1ccc2c3c(ccc2c1)OCN(c1ccc(CC)cc1)C3. The summed E-state index contributed by atoms with van der Waals surface area (Å²) in [5.41, 5.74) is 4.57. The molecule has 1 aliphatic rings. The van der Waals surface area contributed by atoms with Crippen molar-refractivity contribution in [1.29, 1.82) is 0 Å². The molecule has 0 aliphatic carbocycles. The number of benzene rings is 3. The smallest absolute Gasteiger partial charge is 0.161 e. The average molecular weight is 299 g/mol. The van der Waals surface area contributed by atoms with Crippen molar-refractivity contribution in [3.05, 3.63) is 65.7 Å². The Hall–Kier alpha value is -2.42. The molecule has 1 aliphatic heterocycles. The molecule has 3 aromatic carbocycles. The Labute approximate surface area is 138 Å². The van der Waals surface area contributed by atoms with Crippen LogP contribution in [0.5, 0.6) is 5.75 Å². The summed E-state index contributed by atoms with van der Waals surface area (Å²) in [6.07, 6.45) is 1.06. The molecule has 112 valence electrons. The van der Waals surface area contributed by atoms with Gasteiger partial charge in [-0.05, 0) is 41.0 Å². The predicted octanol–water partition coefficient (Wildman–Crippen LogP) is 3.55. The highest BCUT2D eigenvalue weighted by atomic mass is 16.5. The van der Waals surface area contributed by atoms with Crippen molar-refractivity contribution in [2.75, 3.05) is 11.6 Å². The Morgan fingerprint density at radius 1 is 1.04 bits per heavy atom. The van der Waals surface area contributed by atoms with Gasteiger partial charge in [-0.1, -0.05) is 48.8 Å². The number of hydrogen-bond acceptors (Lipinski definition) is 2. The quantitative estimate of drug-likeness (QED) is 0.671. The highest BCUT2D eigenvalue weighted by molar-refractivity contribution is 6.33. The van der Waals surface area contributed by atoms with E-state index in [-0.39, 0.29) is 0 Å².